The highest BCUT2D eigenvalue weighted by molar-refractivity contribution is 6.14. The summed E-state index contributed by atoms with van der Waals surface area (Å²) < 4.78 is 5.37. The molecule has 3 rings (SSSR count). The van der Waals surface area contributed by atoms with Crippen LogP contribution in [0.1, 0.15) is 49.1 Å². The molecular formula is C24H20O4. The lowest BCUT2D eigenvalue weighted by molar-refractivity contribution is 0.0317. The number of aryl methyl sites for hydroxylation is 1. The van der Waals surface area contributed by atoms with Gasteiger partial charge in [-0.15, -0.1) is 0 Å². The van der Waals surface area contributed by atoms with E-state index in [1.54, 1.807) is 54.6 Å². The molecular weight excluding hydrogens is 352 g/mol. The molecule has 0 aliphatic carbocycles. The van der Waals surface area contributed by atoms with E-state index in [1.807, 2.05) is 25.1 Å². The Morgan fingerprint density at radius 2 is 1.29 bits per heavy atom. The molecule has 3 aromatic rings. The van der Waals surface area contributed by atoms with Crippen LogP contribution in [0, 0.1) is 6.92 Å². The van der Waals surface area contributed by atoms with E-state index in [2.05, 4.69) is 0 Å². The zero-order valence-electron chi connectivity index (χ0n) is 15.7. The summed E-state index contributed by atoms with van der Waals surface area (Å²) in [6, 6.07) is 22.2. The van der Waals surface area contributed by atoms with Gasteiger partial charge in [0.1, 0.15) is 0 Å². The summed E-state index contributed by atoms with van der Waals surface area (Å²) >= 11 is 0. The van der Waals surface area contributed by atoms with Gasteiger partial charge in [0.15, 0.2) is 11.9 Å². The molecule has 0 bridgehead atoms. The number of ketones is 2. The highest BCUT2D eigenvalue weighted by Gasteiger charge is 2.24. The minimum Gasteiger partial charge on any atom is -0.451 e. The second kappa shape index (κ2) is 8.44. The first-order valence-electron chi connectivity index (χ1n) is 8.98. The standard InChI is InChI=1S/C24H20O4/c1-16-12-14-19(15-13-16)22(25)17(2)28-24(27)21-11-7-6-10-20(21)23(26)18-8-4-3-5-9-18/h3-15,17H,1-2H3/t17-/m0/s1. The number of rotatable bonds is 6. The van der Waals surface area contributed by atoms with Gasteiger partial charge < -0.3 is 4.74 Å². The Kier molecular flexibility index (Phi) is 5.80. The first kappa shape index (κ1) is 19.2. The minimum absolute atomic E-state index is 0.139. The van der Waals surface area contributed by atoms with Crippen LogP contribution >= 0.6 is 0 Å². The van der Waals surface area contributed by atoms with Crippen molar-refractivity contribution in [2.75, 3.05) is 0 Å². The lowest BCUT2D eigenvalue weighted by Gasteiger charge is -2.14. The van der Waals surface area contributed by atoms with E-state index in [-0.39, 0.29) is 22.7 Å². The molecule has 1 atom stereocenters. The first-order valence-corrected chi connectivity index (χ1v) is 8.98. The zero-order valence-corrected chi connectivity index (χ0v) is 15.7. The van der Waals surface area contributed by atoms with Crippen LogP contribution in [0.4, 0.5) is 0 Å². The van der Waals surface area contributed by atoms with Gasteiger partial charge >= 0.3 is 5.97 Å². The molecule has 0 aromatic heterocycles. The molecule has 0 aliphatic rings. The van der Waals surface area contributed by atoms with Gasteiger partial charge in [-0.2, -0.15) is 0 Å². The Hall–Kier alpha value is -3.53. The molecule has 0 aliphatic heterocycles. The average molecular weight is 372 g/mol. The fourth-order valence-corrected chi connectivity index (χ4v) is 2.83. The van der Waals surface area contributed by atoms with Gasteiger partial charge in [-0.3, -0.25) is 9.59 Å². The molecule has 3 aromatic carbocycles. The third-order valence-corrected chi connectivity index (χ3v) is 4.42. The van der Waals surface area contributed by atoms with Crippen LogP contribution in [0.3, 0.4) is 0 Å². The number of esters is 1. The maximum atomic E-state index is 12.8. The molecule has 4 heteroatoms. The van der Waals surface area contributed by atoms with Crippen LogP contribution < -0.4 is 0 Å². The van der Waals surface area contributed by atoms with Crippen LogP contribution in [0.25, 0.3) is 0 Å². The lowest BCUT2D eigenvalue weighted by Crippen LogP contribution is -2.25. The van der Waals surface area contributed by atoms with Crippen molar-refractivity contribution in [3.05, 3.63) is 107 Å². The van der Waals surface area contributed by atoms with Crippen LogP contribution in [-0.4, -0.2) is 23.6 Å². The van der Waals surface area contributed by atoms with Crippen molar-refractivity contribution in [1.82, 2.24) is 0 Å². The Balaban J connectivity index is 1.80. The molecule has 0 N–H and O–H groups in total. The molecule has 0 radical (unpaired) electrons. The molecule has 0 unspecified atom stereocenters. The van der Waals surface area contributed by atoms with Crippen molar-refractivity contribution in [3.8, 4) is 0 Å². The van der Waals surface area contributed by atoms with Crippen molar-refractivity contribution in [2.45, 2.75) is 20.0 Å². The predicted octanol–water partition coefficient (Wildman–Crippen LogP) is 4.65. The largest absolute Gasteiger partial charge is 0.451 e. The molecule has 28 heavy (non-hydrogen) atoms. The first-order chi connectivity index (χ1) is 13.5. The Bertz CT molecular complexity index is 1000. The number of carbonyl (C=O) groups is 3. The second-order valence-corrected chi connectivity index (χ2v) is 6.52. The van der Waals surface area contributed by atoms with Gasteiger partial charge in [-0.25, -0.2) is 4.79 Å². The molecule has 0 amide bonds. The highest BCUT2D eigenvalue weighted by atomic mass is 16.5. The van der Waals surface area contributed by atoms with Gasteiger partial charge in [0.25, 0.3) is 0 Å². The number of carbonyl (C=O) groups excluding carboxylic acids is 3. The smallest absolute Gasteiger partial charge is 0.339 e. The number of benzene rings is 3. The summed E-state index contributed by atoms with van der Waals surface area (Å²) in [7, 11) is 0. The van der Waals surface area contributed by atoms with Crippen molar-refractivity contribution in [2.24, 2.45) is 0 Å². The molecule has 0 fully saturated rings. The number of hydrogen-bond donors (Lipinski definition) is 0. The number of hydrogen-bond acceptors (Lipinski definition) is 4. The Labute approximate surface area is 163 Å². The number of ether oxygens (including phenoxy) is 1. The SMILES string of the molecule is Cc1ccc(C(=O)[C@H](C)OC(=O)c2ccccc2C(=O)c2ccccc2)cc1. The average Bonchev–Trinajstić information content (AvgIpc) is 2.73. The molecule has 4 nitrogen and oxygen atoms in total. The van der Waals surface area contributed by atoms with Gasteiger partial charge in [-0.1, -0.05) is 78.4 Å². The fraction of sp³-hybridized carbons (Fsp3) is 0.125. The van der Waals surface area contributed by atoms with E-state index in [1.165, 1.54) is 13.0 Å². The minimum atomic E-state index is -0.963. The van der Waals surface area contributed by atoms with Gasteiger partial charge in [-0.05, 0) is 19.9 Å². The Morgan fingerprint density at radius 3 is 1.93 bits per heavy atom. The summed E-state index contributed by atoms with van der Waals surface area (Å²) in [6.07, 6.45) is -0.963. The summed E-state index contributed by atoms with van der Waals surface area (Å²) in [4.78, 5) is 38.0. The zero-order chi connectivity index (χ0) is 20.1. The van der Waals surface area contributed by atoms with Crippen molar-refractivity contribution in [3.63, 3.8) is 0 Å². The molecule has 0 heterocycles. The van der Waals surface area contributed by atoms with Crippen LogP contribution in [0.5, 0.6) is 0 Å². The van der Waals surface area contributed by atoms with E-state index in [0.717, 1.165) is 5.56 Å². The fourth-order valence-electron chi connectivity index (χ4n) is 2.83. The Morgan fingerprint density at radius 1 is 0.714 bits per heavy atom. The van der Waals surface area contributed by atoms with Crippen LogP contribution in [0.15, 0.2) is 78.9 Å². The van der Waals surface area contributed by atoms with E-state index in [4.69, 9.17) is 4.74 Å². The lowest BCUT2D eigenvalue weighted by atomic mass is 9.98. The monoisotopic (exact) mass is 372 g/mol. The quantitative estimate of drug-likeness (QED) is 0.467. The summed E-state index contributed by atoms with van der Waals surface area (Å²) in [5, 5.41) is 0. The molecule has 0 saturated heterocycles. The normalized spacial score (nSPS) is 11.5. The third-order valence-electron chi connectivity index (χ3n) is 4.42. The number of Topliss-reactive ketones (excluding diaryl/α,β-unsaturated/α-hetero) is 1. The van der Waals surface area contributed by atoms with Gasteiger partial charge in [0.2, 0.25) is 5.78 Å². The molecule has 0 spiro atoms. The van der Waals surface area contributed by atoms with Gasteiger partial charge in [0.05, 0.1) is 5.56 Å². The molecule has 140 valence electrons. The second-order valence-electron chi connectivity index (χ2n) is 6.52. The van der Waals surface area contributed by atoms with Crippen molar-refractivity contribution < 1.29 is 19.1 Å². The molecule has 0 saturated carbocycles. The van der Waals surface area contributed by atoms with E-state index in [0.29, 0.717) is 11.1 Å². The van der Waals surface area contributed by atoms with E-state index < -0.39 is 12.1 Å². The van der Waals surface area contributed by atoms with Crippen LogP contribution in [0.2, 0.25) is 0 Å². The van der Waals surface area contributed by atoms with Gasteiger partial charge in [0, 0.05) is 16.7 Å². The summed E-state index contributed by atoms with van der Waals surface area (Å²) in [5.41, 5.74) is 2.37. The maximum absolute atomic E-state index is 12.8. The summed E-state index contributed by atoms with van der Waals surface area (Å²) in [6.45, 7) is 3.46. The topological polar surface area (TPSA) is 60.4 Å². The van der Waals surface area contributed by atoms with Crippen molar-refractivity contribution in [1.29, 1.82) is 0 Å². The van der Waals surface area contributed by atoms with Crippen molar-refractivity contribution >= 4 is 17.5 Å². The summed E-state index contributed by atoms with van der Waals surface area (Å²) in [5.74, 6) is -1.27. The predicted molar refractivity (Wildman–Crippen MR) is 107 cm³/mol. The van der Waals surface area contributed by atoms with Crippen LogP contribution in [-0.2, 0) is 4.74 Å². The maximum Gasteiger partial charge on any atom is 0.339 e. The van der Waals surface area contributed by atoms with E-state index >= 15 is 0 Å². The third kappa shape index (κ3) is 4.23. The van der Waals surface area contributed by atoms with E-state index in [9.17, 15) is 14.4 Å². The highest BCUT2D eigenvalue weighted by Crippen LogP contribution is 2.17.